The van der Waals surface area contributed by atoms with Crippen molar-refractivity contribution in [2.24, 2.45) is 0 Å². The van der Waals surface area contributed by atoms with Gasteiger partial charge in [-0.2, -0.15) is 0 Å². The Balaban J connectivity index is 1.70. The number of anilines is 1. The predicted octanol–water partition coefficient (Wildman–Crippen LogP) is 5.19. The number of carbonyl (C=O) groups is 3. The maximum absolute atomic E-state index is 13.0. The van der Waals surface area contributed by atoms with Gasteiger partial charge in [0, 0.05) is 23.2 Å². The standard InChI is InChI=1S/C26H25NO4/c1-18-13-14-19(2)22(17-18)27-26(30)25(21-11-7-4-8-12-21)31-24(29)16-15-23(28)20-9-5-3-6-10-20/h3-14,17,25H,15-16H2,1-2H3,(H,27,30)/t25-/m1/s1. The van der Waals surface area contributed by atoms with Crippen molar-refractivity contribution in [3.8, 4) is 0 Å². The number of hydrogen-bond donors (Lipinski definition) is 1. The zero-order chi connectivity index (χ0) is 22.2. The molecular weight excluding hydrogens is 390 g/mol. The zero-order valence-electron chi connectivity index (χ0n) is 17.6. The molecule has 31 heavy (non-hydrogen) atoms. The minimum atomic E-state index is -1.11. The molecule has 0 heterocycles. The summed E-state index contributed by atoms with van der Waals surface area (Å²) in [5.74, 6) is -1.19. The van der Waals surface area contributed by atoms with Gasteiger partial charge in [0.25, 0.3) is 5.91 Å². The number of benzene rings is 3. The van der Waals surface area contributed by atoms with Crippen LogP contribution in [0.25, 0.3) is 0 Å². The van der Waals surface area contributed by atoms with Crippen molar-refractivity contribution in [2.45, 2.75) is 32.8 Å². The summed E-state index contributed by atoms with van der Waals surface area (Å²) in [5, 5.41) is 2.86. The SMILES string of the molecule is Cc1ccc(C)c(NC(=O)[C@H](OC(=O)CCC(=O)c2ccccc2)c2ccccc2)c1. The molecule has 3 rings (SSSR count). The second-order valence-corrected chi connectivity index (χ2v) is 7.38. The summed E-state index contributed by atoms with van der Waals surface area (Å²) < 4.78 is 5.52. The van der Waals surface area contributed by atoms with E-state index in [1.54, 1.807) is 48.5 Å². The second kappa shape index (κ2) is 10.3. The highest BCUT2D eigenvalue weighted by molar-refractivity contribution is 5.98. The van der Waals surface area contributed by atoms with Gasteiger partial charge in [0.15, 0.2) is 5.78 Å². The summed E-state index contributed by atoms with van der Waals surface area (Å²) >= 11 is 0. The van der Waals surface area contributed by atoms with E-state index in [-0.39, 0.29) is 18.6 Å². The molecule has 0 aromatic heterocycles. The fourth-order valence-corrected chi connectivity index (χ4v) is 3.14. The van der Waals surface area contributed by atoms with Crippen molar-refractivity contribution in [2.75, 3.05) is 5.32 Å². The molecule has 0 fully saturated rings. The Morgan fingerprint density at radius 3 is 2.16 bits per heavy atom. The number of carbonyl (C=O) groups excluding carboxylic acids is 3. The van der Waals surface area contributed by atoms with Crippen LogP contribution in [0.1, 0.15) is 46.0 Å². The van der Waals surface area contributed by atoms with Crippen molar-refractivity contribution in [1.29, 1.82) is 0 Å². The fraction of sp³-hybridized carbons (Fsp3) is 0.192. The molecule has 0 radical (unpaired) electrons. The van der Waals surface area contributed by atoms with Crippen LogP contribution < -0.4 is 5.32 Å². The molecule has 0 bridgehead atoms. The van der Waals surface area contributed by atoms with E-state index in [1.807, 2.05) is 44.2 Å². The lowest BCUT2D eigenvalue weighted by molar-refractivity contribution is -0.154. The number of amides is 1. The van der Waals surface area contributed by atoms with Crippen LogP contribution in [0.15, 0.2) is 78.9 Å². The second-order valence-electron chi connectivity index (χ2n) is 7.38. The van der Waals surface area contributed by atoms with E-state index >= 15 is 0 Å². The molecule has 0 aliphatic carbocycles. The van der Waals surface area contributed by atoms with Gasteiger partial charge in [-0.3, -0.25) is 14.4 Å². The fourth-order valence-electron chi connectivity index (χ4n) is 3.14. The summed E-state index contributed by atoms with van der Waals surface area (Å²) in [7, 11) is 0. The number of ketones is 1. The third kappa shape index (κ3) is 6.12. The Kier molecular flexibility index (Phi) is 7.33. The molecule has 3 aromatic carbocycles. The van der Waals surface area contributed by atoms with Gasteiger partial charge in [-0.1, -0.05) is 72.8 Å². The molecule has 1 atom stereocenters. The first-order valence-corrected chi connectivity index (χ1v) is 10.1. The van der Waals surface area contributed by atoms with Gasteiger partial charge >= 0.3 is 5.97 Å². The van der Waals surface area contributed by atoms with Crippen LogP contribution in [-0.2, 0) is 14.3 Å². The quantitative estimate of drug-likeness (QED) is 0.406. The van der Waals surface area contributed by atoms with Crippen LogP contribution in [0.2, 0.25) is 0 Å². The number of esters is 1. The highest BCUT2D eigenvalue weighted by atomic mass is 16.5. The summed E-state index contributed by atoms with van der Waals surface area (Å²) in [6.45, 7) is 3.83. The summed E-state index contributed by atoms with van der Waals surface area (Å²) in [6.07, 6.45) is -1.20. The maximum Gasteiger partial charge on any atom is 0.307 e. The van der Waals surface area contributed by atoms with Crippen LogP contribution in [0.5, 0.6) is 0 Å². The lowest BCUT2D eigenvalue weighted by atomic mass is 10.1. The van der Waals surface area contributed by atoms with Gasteiger partial charge in [-0.05, 0) is 31.0 Å². The Labute approximate surface area is 182 Å². The van der Waals surface area contributed by atoms with Crippen LogP contribution in [-0.4, -0.2) is 17.7 Å². The Hall–Kier alpha value is -3.73. The zero-order valence-corrected chi connectivity index (χ0v) is 17.6. The number of ether oxygens (including phenoxy) is 1. The van der Waals surface area contributed by atoms with Crippen LogP contribution in [0, 0.1) is 13.8 Å². The minimum Gasteiger partial charge on any atom is -0.447 e. The van der Waals surface area contributed by atoms with Crippen molar-refractivity contribution >= 4 is 23.3 Å². The average molecular weight is 415 g/mol. The summed E-state index contributed by atoms with van der Waals surface area (Å²) in [5.41, 5.74) is 3.69. The molecule has 0 aliphatic rings. The molecule has 1 amide bonds. The van der Waals surface area contributed by atoms with Gasteiger partial charge in [0.05, 0.1) is 6.42 Å². The summed E-state index contributed by atoms with van der Waals surface area (Å²) in [4.78, 5) is 37.8. The predicted molar refractivity (Wildman–Crippen MR) is 120 cm³/mol. The van der Waals surface area contributed by atoms with Gasteiger partial charge in [-0.25, -0.2) is 0 Å². The van der Waals surface area contributed by atoms with Gasteiger partial charge in [0.2, 0.25) is 6.10 Å². The van der Waals surface area contributed by atoms with Crippen LogP contribution in [0.3, 0.4) is 0 Å². The first-order valence-electron chi connectivity index (χ1n) is 10.1. The third-order valence-corrected chi connectivity index (χ3v) is 4.89. The summed E-state index contributed by atoms with van der Waals surface area (Å²) in [6, 6.07) is 23.4. The van der Waals surface area contributed by atoms with Gasteiger partial charge in [-0.15, -0.1) is 0 Å². The lowest BCUT2D eigenvalue weighted by Crippen LogP contribution is -2.26. The molecule has 0 saturated carbocycles. The maximum atomic E-state index is 13.0. The van der Waals surface area contributed by atoms with E-state index in [4.69, 9.17) is 4.74 Å². The van der Waals surface area contributed by atoms with Crippen molar-refractivity contribution in [3.63, 3.8) is 0 Å². The van der Waals surface area contributed by atoms with Crippen LogP contribution in [0.4, 0.5) is 5.69 Å². The first kappa shape index (κ1) is 22.0. The van der Waals surface area contributed by atoms with E-state index in [9.17, 15) is 14.4 Å². The molecular formula is C26H25NO4. The number of rotatable bonds is 8. The molecule has 5 nitrogen and oxygen atoms in total. The number of hydrogen-bond acceptors (Lipinski definition) is 4. The highest BCUT2D eigenvalue weighted by Gasteiger charge is 2.26. The molecule has 1 N–H and O–H groups in total. The topological polar surface area (TPSA) is 72.5 Å². The largest absolute Gasteiger partial charge is 0.447 e. The molecule has 0 unspecified atom stereocenters. The number of nitrogens with one attached hydrogen (secondary N) is 1. The number of Topliss-reactive ketones (excluding diaryl/α,β-unsaturated/α-hetero) is 1. The van der Waals surface area contributed by atoms with Crippen LogP contribution >= 0.6 is 0 Å². The molecule has 0 aliphatic heterocycles. The lowest BCUT2D eigenvalue weighted by Gasteiger charge is -2.19. The third-order valence-electron chi connectivity index (χ3n) is 4.89. The van der Waals surface area contributed by atoms with Gasteiger partial charge in [0.1, 0.15) is 0 Å². The monoisotopic (exact) mass is 415 g/mol. The van der Waals surface area contributed by atoms with Crippen molar-refractivity contribution in [1.82, 2.24) is 0 Å². The Morgan fingerprint density at radius 1 is 0.839 bits per heavy atom. The van der Waals surface area contributed by atoms with E-state index in [2.05, 4.69) is 5.32 Å². The van der Waals surface area contributed by atoms with Crippen molar-refractivity contribution < 1.29 is 19.1 Å². The van der Waals surface area contributed by atoms with Gasteiger partial charge < -0.3 is 10.1 Å². The average Bonchev–Trinajstić information content (AvgIpc) is 2.79. The molecule has 0 saturated heterocycles. The smallest absolute Gasteiger partial charge is 0.307 e. The molecule has 0 spiro atoms. The normalized spacial score (nSPS) is 11.4. The van der Waals surface area contributed by atoms with E-state index < -0.39 is 18.0 Å². The first-order chi connectivity index (χ1) is 14.9. The van der Waals surface area contributed by atoms with E-state index in [0.29, 0.717) is 16.8 Å². The van der Waals surface area contributed by atoms with Crippen molar-refractivity contribution in [3.05, 3.63) is 101 Å². The highest BCUT2D eigenvalue weighted by Crippen LogP contribution is 2.23. The van der Waals surface area contributed by atoms with E-state index in [0.717, 1.165) is 11.1 Å². The Morgan fingerprint density at radius 2 is 1.48 bits per heavy atom. The Bertz CT molecular complexity index is 1060. The number of aryl methyl sites for hydroxylation is 2. The molecule has 3 aromatic rings. The molecule has 5 heteroatoms. The van der Waals surface area contributed by atoms with E-state index in [1.165, 1.54) is 0 Å². The molecule has 158 valence electrons. The minimum absolute atomic E-state index is 0.0168.